The Labute approximate surface area is 210 Å². The summed E-state index contributed by atoms with van der Waals surface area (Å²) in [5, 5.41) is 12.9. The lowest BCUT2D eigenvalue weighted by Crippen LogP contribution is -2.46. The topological polar surface area (TPSA) is 118 Å². The molecule has 0 atom stereocenters. The molecule has 0 bridgehead atoms. The van der Waals surface area contributed by atoms with Gasteiger partial charge in [-0.3, -0.25) is 4.79 Å². The lowest BCUT2D eigenvalue weighted by atomic mass is 9.58. The van der Waals surface area contributed by atoms with Gasteiger partial charge >= 0.3 is 24.0 Å². The van der Waals surface area contributed by atoms with E-state index >= 15 is 0 Å². The minimum atomic E-state index is -4.46. The van der Waals surface area contributed by atoms with E-state index in [1.807, 2.05) is 6.07 Å². The third-order valence-electron chi connectivity index (χ3n) is 6.71. The van der Waals surface area contributed by atoms with Gasteiger partial charge in [0, 0.05) is 19.2 Å². The first-order chi connectivity index (χ1) is 17.7. The minimum absolute atomic E-state index is 0.0897. The average molecular weight is 518 g/mol. The van der Waals surface area contributed by atoms with Gasteiger partial charge in [0.1, 0.15) is 5.82 Å². The minimum Gasteiger partial charge on any atom is -0.468 e. The van der Waals surface area contributed by atoms with Crippen LogP contribution in [0.4, 0.5) is 36.4 Å². The van der Waals surface area contributed by atoms with Gasteiger partial charge in [-0.05, 0) is 55.2 Å². The monoisotopic (exact) mass is 517 g/mol. The number of hydrogen-bond donors (Lipinski definition) is 2. The third kappa shape index (κ3) is 6.09. The van der Waals surface area contributed by atoms with Crippen molar-refractivity contribution in [2.24, 2.45) is 11.3 Å². The Morgan fingerprint density at radius 1 is 1.11 bits per heavy atom. The van der Waals surface area contributed by atoms with Gasteiger partial charge in [-0.15, -0.1) is 5.10 Å². The van der Waals surface area contributed by atoms with E-state index in [0.717, 1.165) is 24.8 Å². The normalized spacial score (nSPS) is 17.4. The maximum absolute atomic E-state index is 12.5. The Kier molecular flexibility index (Phi) is 6.61. The molecule has 37 heavy (non-hydrogen) atoms. The highest BCUT2D eigenvalue weighted by Crippen LogP contribution is 2.52. The van der Waals surface area contributed by atoms with Gasteiger partial charge in [0.25, 0.3) is 0 Å². The number of ether oxygens (including phenoxy) is 1. The molecular formula is C24H26F3N7O3. The third-order valence-corrected chi connectivity index (χ3v) is 6.71. The number of carbonyl (C=O) groups excluding carboxylic acids is 1. The molecule has 1 amide bonds. The van der Waals surface area contributed by atoms with Crippen molar-refractivity contribution < 1.29 is 27.1 Å². The summed E-state index contributed by atoms with van der Waals surface area (Å²) in [4.78, 5) is 23.1. The molecule has 10 nitrogen and oxygen atoms in total. The first-order valence-electron chi connectivity index (χ1n) is 11.9. The van der Waals surface area contributed by atoms with Gasteiger partial charge in [0.15, 0.2) is 6.61 Å². The molecule has 3 aromatic rings. The van der Waals surface area contributed by atoms with Crippen LogP contribution in [0.3, 0.4) is 0 Å². The Morgan fingerprint density at radius 2 is 1.84 bits per heavy atom. The molecule has 5 rings (SSSR count). The summed E-state index contributed by atoms with van der Waals surface area (Å²) in [7, 11) is 0. The second-order valence-electron chi connectivity index (χ2n) is 9.69. The lowest BCUT2D eigenvalue weighted by molar-refractivity contribution is -0.154. The van der Waals surface area contributed by atoms with Crippen molar-refractivity contribution in [1.82, 2.24) is 20.2 Å². The van der Waals surface area contributed by atoms with E-state index in [4.69, 9.17) is 4.42 Å². The molecule has 1 aliphatic heterocycles. The fourth-order valence-electron chi connectivity index (χ4n) is 5.05. The van der Waals surface area contributed by atoms with Gasteiger partial charge in [-0.1, -0.05) is 12.0 Å². The van der Waals surface area contributed by atoms with Crippen LogP contribution >= 0.6 is 0 Å². The number of pyridine rings is 2. The van der Waals surface area contributed by atoms with Crippen LogP contribution in [0.1, 0.15) is 43.3 Å². The van der Waals surface area contributed by atoms with Crippen LogP contribution in [0.15, 0.2) is 41.1 Å². The zero-order valence-corrected chi connectivity index (χ0v) is 20.1. The number of nitrogens with zero attached hydrogens (tertiary/aromatic N) is 5. The van der Waals surface area contributed by atoms with Gasteiger partial charge in [-0.2, -0.15) is 13.2 Å². The molecular weight excluding hydrogens is 491 g/mol. The maximum atomic E-state index is 12.5. The van der Waals surface area contributed by atoms with E-state index in [9.17, 15) is 18.0 Å². The summed E-state index contributed by atoms with van der Waals surface area (Å²) < 4.78 is 46.5. The molecule has 4 heterocycles. The Balaban J connectivity index is 1.11. The number of hydrogen-bond acceptors (Lipinski definition) is 9. The quantitative estimate of drug-likeness (QED) is 0.455. The summed E-state index contributed by atoms with van der Waals surface area (Å²) in [6.45, 7) is 2.85. The fraction of sp³-hybridized carbons (Fsp3) is 0.458. The SMILES string of the molecule is CC1CC2(CCN(c3ccc(NC(=O)c4nnc(Nc5ccc(OCC(F)(F)F)nc5)o4)cn3)CC2)C1. The number of halogens is 3. The first-order valence-corrected chi connectivity index (χ1v) is 11.9. The summed E-state index contributed by atoms with van der Waals surface area (Å²) in [6, 6.07) is 6.25. The number of anilines is 4. The molecule has 196 valence electrons. The van der Waals surface area contributed by atoms with Gasteiger partial charge in [0.2, 0.25) is 5.88 Å². The van der Waals surface area contributed by atoms with Crippen LogP contribution in [-0.4, -0.2) is 51.9 Å². The second kappa shape index (κ2) is 9.87. The van der Waals surface area contributed by atoms with Gasteiger partial charge < -0.3 is 24.7 Å². The molecule has 2 N–H and O–H groups in total. The number of piperidine rings is 1. The molecule has 1 saturated heterocycles. The van der Waals surface area contributed by atoms with Crippen molar-refractivity contribution in [3.8, 4) is 5.88 Å². The van der Waals surface area contributed by atoms with Crippen molar-refractivity contribution in [2.75, 3.05) is 35.2 Å². The van der Waals surface area contributed by atoms with Crippen molar-refractivity contribution in [1.29, 1.82) is 0 Å². The fourth-order valence-corrected chi connectivity index (χ4v) is 5.05. The van der Waals surface area contributed by atoms with Crippen LogP contribution in [0, 0.1) is 11.3 Å². The highest BCUT2D eigenvalue weighted by Gasteiger charge is 2.43. The van der Waals surface area contributed by atoms with Crippen LogP contribution in [0.2, 0.25) is 0 Å². The number of carbonyl (C=O) groups is 1. The Morgan fingerprint density at radius 3 is 2.46 bits per heavy atom. The predicted molar refractivity (Wildman–Crippen MR) is 128 cm³/mol. The maximum Gasteiger partial charge on any atom is 0.422 e. The molecule has 1 saturated carbocycles. The summed E-state index contributed by atoms with van der Waals surface area (Å²) >= 11 is 0. The van der Waals surface area contributed by atoms with Gasteiger partial charge in [-0.25, -0.2) is 9.97 Å². The Bertz CT molecular complexity index is 1220. The van der Waals surface area contributed by atoms with Crippen molar-refractivity contribution >= 4 is 29.1 Å². The molecule has 0 radical (unpaired) electrons. The van der Waals surface area contributed by atoms with E-state index in [-0.39, 0.29) is 17.8 Å². The summed E-state index contributed by atoms with van der Waals surface area (Å²) in [6.07, 6.45) is 3.41. The van der Waals surface area contributed by atoms with E-state index in [2.05, 4.69) is 47.4 Å². The average Bonchev–Trinajstić information content (AvgIpc) is 3.32. The van der Waals surface area contributed by atoms with Crippen molar-refractivity contribution in [3.05, 3.63) is 42.5 Å². The summed E-state index contributed by atoms with van der Waals surface area (Å²) in [5.41, 5.74) is 1.37. The largest absolute Gasteiger partial charge is 0.468 e. The van der Waals surface area contributed by atoms with Crippen molar-refractivity contribution in [2.45, 2.75) is 38.8 Å². The second-order valence-corrected chi connectivity index (χ2v) is 9.69. The zero-order valence-electron chi connectivity index (χ0n) is 20.1. The van der Waals surface area contributed by atoms with Crippen LogP contribution in [-0.2, 0) is 0 Å². The zero-order chi connectivity index (χ0) is 26.0. The standard InChI is InChI=1S/C24H26F3N7O3/c1-15-10-23(11-15)6-8-34(9-7-23)18-4-2-16(12-28-18)30-20(35)21-32-33-22(37-21)31-17-3-5-19(29-13-17)36-14-24(25,26)27/h2-5,12-13,15H,6-11,14H2,1H3,(H,30,35)(H,31,33). The number of alkyl halides is 3. The Hall–Kier alpha value is -3.90. The van der Waals surface area contributed by atoms with Gasteiger partial charge in [0.05, 0.1) is 23.8 Å². The number of rotatable bonds is 7. The highest BCUT2D eigenvalue weighted by atomic mass is 19.4. The predicted octanol–water partition coefficient (Wildman–Crippen LogP) is 4.81. The summed E-state index contributed by atoms with van der Waals surface area (Å²) in [5.74, 6) is 0.651. The molecule has 1 aliphatic carbocycles. The molecule has 0 unspecified atom stereocenters. The highest BCUT2D eigenvalue weighted by molar-refractivity contribution is 6.00. The molecule has 3 aromatic heterocycles. The van der Waals surface area contributed by atoms with Crippen LogP contribution < -0.4 is 20.3 Å². The van der Waals surface area contributed by atoms with Crippen LogP contribution in [0.5, 0.6) is 5.88 Å². The molecule has 13 heteroatoms. The molecule has 2 fully saturated rings. The van der Waals surface area contributed by atoms with E-state index in [1.54, 1.807) is 12.3 Å². The molecule has 0 aromatic carbocycles. The smallest absolute Gasteiger partial charge is 0.422 e. The van der Waals surface area contributed by atoms with Crippen molar-refractivity contribution in [3.63, 3.8) is 0 Å². The number of aromatic nitrogens is 4. The van der Waals surface area contributed by atoms with Crippen LogP contribution in [0.25, 0.3) is 0 Å². The number of amides is 1. The van der Waals surface area contributed by atoms with E-state index in [1.165, 1.54) is 44.0 Å². The lowest BCUT2D eigenvalue weighted by Gasteiger charge is -2.51. The first kappa shape index (κ1) is 24.8. The molecule has 2 aliphatic rings. The van der Waals surface area contributed by atoms with E-state index in [0.29, 0.717) is 16.8 Å². The molecule has 1 spiro atoms. The van der Waals surface area contributed by atoms with E-state index < -0.39 is 18.7 Å². The number of nitrogens with one attached hydrogen (secondary N) is 2.